The van der Waals surface area contributed by atoms with E-state index in [0.717, 1.165) is 0 Å². The monoisotopic (exact) mass is 396 g/mol. The fraction of sp³-hybridized carbons (Fsp3) is 0.100. The van der Waals surface area contributed by atoms with Gasteiger partial charge in [-0.3, -0.25) is 4.79 Å². The van der Waals surface area contributed by atoms with Gasteiger partial charge in [0.25, 0.3) is 5.91 Å². The highest BCUT2D eigenvalue weighted by Crippen LogP contribution is 2.26. The summed E-state index contributed by atoms with van der Waals surface area (Å²) in [6.45, 7) is 1.68. The van der Waals surface area contributed by atoms with Gasteiger partial charge in [-0.05, 0) is 37.3 Å². The van der Waals surface area contributed by atoms with Gasteiger partial charge < -0.3 is 15.4 Å². The van der Waals surface area contributed by atoms with Crippen LogP contribution in [0.25, 0.3) is 0 Å². The SMILES string of the molecule is COC(=O)c1ccc(Cl)c(Nc2cc(C(=O)Nc3ccccc3)nc(C)n2)c1. The zero-order valence-corrected chi connectivity index (χ0v) is 15.9. The summed E-state index contributed by atoms with van der Waals surface area (Å²) >= 11 is 6.21. The summed E-state index contributed by atoms with van der Waals surface area (Å²) < 4.78 is 4.72. The van der Waals surface area contributed by atoms with E-state index < -0.39 is 5.97 Å². The normalized spacial score (nSPS) is 10.2. The number of hydrogen-bond donors (Lipinski definition) is 2. The first-order valence-corrected chi connectivity index (χ1v) is 8.71. The number of nitrogens with zero attached hydrogens (tertiary/aromatic N) is 2. The smallest absolute Gasteiger partial charge is 0.337 e. The first-order chi connectivity index (χ1) is 13.5. The molecular formula is C20H17ClN4O3. The largest absolute Gasteiger partial charge is 0.465 e. The molecule has 0 bridgehead atoms. The lowest BCUT2D eigenvalue weighted by Crippen LogP contribution is -2.15. The van der Waals surface area contributed by atoms with Gasteiger partial charge in [0.05, 0.1) is 23.4 Å². The summed E-state index contributed by atoms with van der Waals surface area (Å²) in [5.41, 5.74) is 1.64. The van der Waals surface area contributed by atoms with E-state index in [4.69, 9.17) is 16.3 Å². The molecule has 28 heavy (non-hydrogen) atoms. The van der Waals surface area contributed by atoms with Crippen LogP contribution in [-0.4, -0.2) is 29.0 Å². The summed E-state index contributed by atoms with van der Waals surface area (Å²) in [4.78, 5) is 32.7. The summed E-state index contributed by atoms with van der Waals surface area (Å²) in [7, 11) is 1.30. The van der Waals surface area contributed by atoms with Crippen molar-refractivity contribution in [1.82, 2.24) is 9.97 Å². The van der Waals surface area contributed by atoms with E-state index in [1.165, 1.54) is 13.2 Å². The van der Waals surface area contributed by atoms with Crippen LogP contribution in [-0.2, 0) is 4.74 Å². The maximum Gasteiger partial charge on any atom is 0.337 e. The Morgan fingerprint density at radius 1 is 1.04 bits per heavy atom. The molecule has 1 amide bonds. The number of aromatic nitrogens is 2. The third kappa shape index (κ3) is 4.63. The molecule has 3 rings (SSSR count). The molecule has 1 aromatic heterocycles. The Morgan fingerprint density at radius 3 is 2.50 bits per heavy atom. The molecule has 0 aliphatic heterocycles. The number of esters is 1. The standard InChI is InChI=1S/C20H17ClN4O3/c1-12-22-17(19(26)24-14-6-4-3-5-7-14)11-18(23-12)25-16-10-13(20(27)28-2)8-9-15(16)21/h3-11H,1-2H3,(H,24,26)(H,22,23,25). The van der Waals surface area contributed by atoms with Crippen LogP contribution in [0.4, 0.5) is 17.2 Å². The van der Waals surface area contributed by atoms with Crippen molar-refractivity contribution < 1.29 is 14.3 Å². The molecule has 0 aliphatic rings. The minimum Gasteiger partial charge on any atom is -0.465 e. The number of methoxy groups -OCH3 is 1. The molecular weight excluding hydrogens is 380 g/mol. The molecule has 0 radical (unpaired) electrons. The van der Waals surface area contributed by atoms with Crippen LogP contribution in [0.5, 0.6) is 0 Å². The Bertz CT molecular complexity index is 1030. The fourth-order valence-corrected chi connectivity index (χ4v) is 2.63. The van der Waals surface area contributed by atoms with Crippen molar-refractivity contribution in [2.45, 2.75) is 6.92 Å². The Morgan fingerprint density at radius 2 is 1.79 bits per heavy atom. The van der Waals surface area contributed by atoms with Crippen LogP contribution in [0.15, 0.2) is 54.6 Å². The molecule has 0 saturated carbocycles. The van der Waals surface area contributed by atoms with Crippen molar-refractivity contribution in [3.63, 3.8) is 0 Å². The van der Waals surface area contributed by atoms with E-state index in [-0.39, 0.29) is 11.6 Å². The third-order valence-corrected chi connectivity index (χ3v) is 4.08. The van der Waals surface area contributed by atoms with Gasteiger partial charge in [-0.1, -0.05) is 29.8 Å². The van der Waals surface area contributed by atoms with E-state index in [9.17, 15) is 9.59 Å². The average molecular weight is 397 g/mol. The van der Waals surface area contributed by atoms with Gasteiger partial charge >= 0.3 is 5.97 Å². The predicted molar refractivity (Wildman–Crippen MR) is 107 cm³/mol. The molecule has 0 unspecified atom stereocenters. The average Bonchev–Trinajstić information content (AvgIpc) is 2.69. The van der Waals surface area contributed by atoms with Crippen molar-refractivity contribution >= 4 is 40.7 Å². The van der Waals surface area contributed by atoms with Gasteiger partial charge in [-0.15, -0.1) is 0 Å². The molecule has 1 heterocycles. The molecule has 0 fully saturated rings. The zero-order valence-electron chi connectivity index (χ0n) is 15.2. The highest BCUT2D eigenvalue weighted by molar-refractivity contribution is 6.33. The first-order valence-electron chi connectivity index (χ1n) is 8.33. The Balaban J connectivity index is 1.86. The number of benzene rings is 2. The maximum atomic E-state index is 12.5. The van der Waals surface area contributed by atoms with Crippen LogP contribution < -0.4 is 10.6 Å². The maximum absolute atomic E-state index is 12.5. The number of rotatable bonds is 5. The van der Waals surface area contributed by atoms with Crippen molar-refractivity contribution in [3.8, 4) is 0 Å². The second kappa shape index (κ2) is 8.49. The topological polar surface area (TPSA) is 93.2 Å². The number of halogens is 1. The summed E-state index contributed by atoms with van der Waals surface area (Å²) in [5, 5.41) is 6.18. The number of carbonyl (C=O) groups is 2. The van der Waals surface area contributed by atoms with Crippen LogP contribution in [0.2, 0.25) is 5.02 Å². The fourth-order valence-electron chi connectivity index (χ4n) is 2.47. The van der Waals surface area contributed by atoms with Gasteiger partial charge in [0.15, 0.2) is 0 Å². The summed E-state index contributed by atoms with van der Waals surface area (Å²) in [6.07, 6.45) is 0. The molecule has 7 nitrogen and oxygen atoms in total. The number of hydrogen-bond acceptors (Lipinski definition) is 6. The summed E-state index contributed by atoms with van der Waals surface area (Å²) in [5.74, 6) is -0.0752. The van der Waals surface area contributed by atoms with E-state index in [1.807, 2.05) is 18.2 Å². The highest BCUT2D eigenvalue weighted by Gasteiger charge is 2.13. The number of ether oxygens (including phenoxy) is 1. The third-order valence-electron chi connectivity index (χ3n) is 3.75. The second-order valence-corrected chi connectivity index (χ2v) is 6.22. The number of carbonyl (C=O) groups excluding carboxylic acids is 2. The predicted octanol–water partition coefficient (Wildman–Crippen LogP) is 4.22. The molecule has 8 heteroatoms. The number of aryl methyl sites for hydroxylation is 1. The Hall–Kier alpha value is -3.45. The van der Waals surface area contributed by atoms with Crippen LogP contribution in [0, 0.1) is 6.92 Å². The molecule has 0 aliphatic carbocycles. The minimum absolute atomic E-state index is 0.194. The van der Waals surface area contributed by atoms with Crippen molar-refractivity contribution in [2.75, 3.05) is 17.7 Å². The van der Waals surface area contributed by atoms with E-state index in [2.05, 4.69) is 20.6 Å². The lowest BCUT2D eigenvalue weighted by Gasteiger charge is -2.11. The Kier molecular flexibility index (Phi) is 5.86. The van der Waals surface area contributed by atoms with E-state index in [0.29, 0.717) is 33.6 Å². The lowest BCUT2D eigenvalue weighted by atomic mass is 10.2. The Labute approximate surface area is 166 Å². The first kappa shape index (κ1) is 19.3. The van der Waals surface area contributed by atoms with Crippen molar-refractivity contribution in [1.29, 1.82) is 0 Å². The van der Waals surface area contributed by atoms with Gasteiger partial charge in [0, 0.05) is 11.8 Å². The molecule has 0 saturated heterocycles. The number of nitrogens with one attached hydrogen (secondary N) is 2. The van der Waals surface area contributed by atoms with Crippen LogP contribution in [0.3, 0.4) is 0 Å². The lowest BCUT2D eigenvalue weighted by molar-refractivity contribution is 0.0600. The zero-order chi connectivity index (χ0) is 20.1. The van der Waals surface area contributed by atoms with Gasteiger partial charge in [0.1, 0.15) is 17.3 Å². The van der Waals surface area contributed by atoms with Gasteiger partial charge in [-0.25, -0.2) is 14.8 Å². The minimum atomic E-state index is -0.485. The van der Waals surface area contributed by atoms with Gasteiger partial charge in [-0.2, -0.15) is 0 Å². The van der Waals surface area contributed by atoms with E-state index in [1.54, 1.807) is 37.3 Å². The molecule has 0 spiro atoms. The molecule has 3 aromatic rings. The van der Waals surface area contributed by atoms with Crippen LogP contribution in [0.1, 0.15) is 26.7 Å². The van der Waals surface area contributed by atoms with Gasteiger partial charge in [0.2, 0.25) is 0 Å². The molecule has 2 aromatic carbocycles. The molecule has 142 valence electrons. The van der Waals surface area contributed by atoms with Crippen LogP contribution >= 0.6 is 11.6 Å². The van der Waals surface area contributed by atoms with E-state index >= 15 is 0 Å². The van der Waals surface area contributed by atoms with Crippen molar-refractivity contribution in [3.05, 3.63) is 76.7 Å². The number of para-hydroxylation sites is 1. The number of anilines is 3. The second-order valence-electron chi connectivity index (χ2n) is 5.82. The van der Waals surface area contributed by atoms with Crippen molar-refractivity contribution in [2.24, 2.45) is 0 Å². The summed E-state index contributed by atoms with van der Waals surface area (Å²) in [6, 6.07) is 15.3. The number of amides is 1. The molecule has 0 atom stereocenters. The molecule has 2 N–H and O–H groups in total. The highest BCUT2D eigenvalue weighted by atomic mass is 35.5. The quantitative estimate of drug-likeness (QED) is 0.627.